The predicted octanol–water partition coefficient (Wildman–Crippen LogP) is -3.02. The molecule has 4 rings (SSSR count). The maximum atomic E-state index is 6.36. The second kappa shape index (κ2) is 17.4. The Labute approximate surface area is 308 Å². The smallest absolute Gasteiger partial charge is 1.00 e. The first kappa shape index (κ1) is 42.8. The summed E-state index contributed by atoms with van der Waals surface area (Å²) in [4.78, 5) is 0. The molecular formula is C36H46Cl3O6SiTi. The van der Waals surface area contributed by atoms with Crippen molar-refractivity contribution < 1.29 is 84.1 Å². The van der Waals surface area contributed by atoms with Gasteiger partial charge in [0.15, 0.2) is 0 Å². The average Bonchev–Trinajstić information content (AvgIpc) is 3.20. The van der Waals surface area contributed by atoms with Crippen LogP contribution >= 0.6 is 0 Å². The first-order valence-corrected chi connectivity index (χ1v) is 19.9. The molecule has 3 aromatic rings. The summed E-state index contributed by atoms with van der Waals surface area (Å²) in [6.45, 7) is 15.7. The van der Waals surface area contributed by atoms with Gasteiger partial charge >= 0.3 is 274 Å². The predicted molar refractivity (Wildman–Crippen MR) is 178 cm³/mol. The fraction of sp³-hybridized carbons (Fsp3) is 0.389. The van der Waals surface area contributed by atoms with Crippen LogP contribution in [0, 0.1) is 26.7 Å². The van der Waals surface area contributed by atoms with Crippen molar-refractivity contribution in [3.63, 3.8) is 0 Å². The minimum atomic E-state index is -3.18. The first-order chi connectivity index (χ1) is 21.0. The van der Waals surface area contributed by atoms with E-state index in [-0.39, 0.29) is 37.2 Å². The summed E-state index contributed by atoms with van der Waals surface area (Å²) in [5.74, 6) is 1.50. The van der Waals surface area contributed by atoms with E-state index < -0.39 is 24.3 Å². The third-order valence-corrected chi connectivity index (χ3v) is 21.9. The van der Waals surface area contributed by atoms with Crippen LogP contribution in [0.15, 0.2) is 57.0 Å². The average molecular weight is 757 g/mol. The van der Waals surface area contributed by atoms with Gasteiger partial charge in [0.05, 0.1) is 0 Å². The Hall–Kier alpha value is -2.26. The van der Waals surface area contributed by atoms with E-state index in [9.17, 15) is 0 Å². The number of halogens is 3. The summed E-state index contributed by atoms with van der Waals surface area (Å²) < 4.78 is 38.6. The molecule has 0 radical (unpaired) electrons. The summed E-state index contributed by atoms with van der Waals surface area (Å²) in [6.07, 6.45) is 0. The van der Waals surface area contributed by atoms with E-state index in [0.29, 0.717) is 23.2 Å². The number of allylic oxidation sites excluding steroid dienone is 4. The molecule has 255 valence electrons. The molecule has 0 aromatic heterocycles. The number of hydrogen-bond donors (Lipinski definition) is 0. The van der Waals surface area contributed by atoms with Crippen molar-refractivity contribution in [3.05, 3.63) is 73.7 Å². The van der Waals surface area contributed by atoms with Gasteiger partial charge in [-0.05, 0) is 0 Å². The van der Waals surface area contributed by atoms with Crippen molar-refractivity contribution in [1.29, 1.82) is 0 Å². The van der Waals surface area contributed by atoms with E-state index in [1.807, 2.05) is 18.2 Å². The van der Waals surface area contributed by atoms with Crippen LogP contribution < -0.4 is 81.2 Å². The fourth-order valence-electron chi connectivity index (χ4n) is 6.80. The first-order valence-electron chi connectivity index (χ1n) is 14.8. The standard InChI is InChI=1S/C27H33O6Si.C9H13.3ClH.Ti/c1-16-10-13-19(28-4)22(31-7)25(16)34(26-17(2)11-14-20(29-5)23(26)32-8)27-18(3)12-15-21(30-6)24(27)33-9;1-6-5-7(2)9(4)8(6)3;;;;/h10-15H,1-9H3;6H,1-4H3;3*1H;/q;;;;;+3/p-3. The van der Waals surface area contributed by atoms with Crippen molar-refractivity contribution >= 4 is 21.5 Å². The summed E-state index contributed by atoms with van der Waals surface area (Å²) in [7, 11) is 10.3. The van der Waals surface area contributed by atoms with Gasteiger partial charge in [-0.1, -0.05) is 0 Å². The largest absolute Gasteiger partial charge is 1.00 e. The van der Waals surface area contributed by atoms with Gasteiger partial charge in [0.1, 0.15) is 0 Å². The van der Waals surface area contributed by atoms with E-state index in [0.717, 1.165) is 33.9 Å². The summed E-state index contributed by atoms with van der Waals surface area (Å²) in [5, 5.41) is 3.50. The number of aryl methyl sites for hydroxylation is 3. The van der Waals surface area contributed by atoms with Crippen LogP contribution in [0.2, 0.25) is 0 Å². The number of benzene rings is 3. The summed E-state index contributed by atoms with van der Waals surface area (Å²) >= 11 is -1.02. The molecule has 1 aliphatic rings. The van der Waals surface area contributed by atoms with Crippen LogP contribution in [0.25, 0.3) is 0 Å². The van der Waals surface area contributed by atoms with Gasteiger partial charge in [-0.2, -0.15) is 0 Å². The molecule has 11 heteroatoms. The van der Waals surface area contributed by atoms with Crippen molar-refractivity contribution in [2.75, 3.05) is 42.7 Å². The molecule has 0 aliphatic heterocycles. The minimum Gasteiger partial charge on any atom is -1.00 e. The van der Waals surface area contributed by atoms with Crippen LogP contribution in [-0.2, 0) is 18.4 Å². The molecule has 1 atom stereocenters. The number of ether oxygens (including phenoxy) is 6. The molecule has 47 heavy (non-hydrogen) atoms. The Balaban J connectivity index is 0.00000368. The molecule has 0 spiro atoms. The molecule has 0 bridgehead atoms. The number of hydrogen-bond acceptors (Lipinski definition) is 6. The molecule has 0 saturated heterocycles. The van der Waals surface area contributed by atoms with Gasteiger partial charge in [0.25, 0.3) is 0 Å². The van der Waals surface area contributed by atoms with Gasteiger partial charge in [-0.3, -0.25) is 0 Å². The van der Waals surface area contributed by atoms with E-state index in [1.165, 1.54) is 36.2 Å². The van der Waals surface area contributed by atoms with Gasteiger partial charge in [-0.15, -0.1) is 0 Å². The van der Waals surface area contributed by atoms with Gasteiger partial charge in [-0.25, -0.2) is 0 Å². The summed E-state index contributed by atoms with van der Waals surface area (Å²) in [5.41, 5.74) is 7.62. The molecule has 0 heterocycles. The monoisotopic (exact) mass is 755 g/mol. The topological polar surface area (TPSA) is 55.4 Å². The summed E-state index contributed by atoms with van der Waals surface area (Å²) in [6, 6.07) is 12.5. The third kappa shape index (κ3) is 7.08. The minimum absolute atomic E-state index is 0. The van der Waals surface area contributed by atoms with Crippen LogP contribution in [0.3, 0.4) is 0 Å². The molecule has 0 saturated carbocycles. The van der Waals surface area contributed by atoms with Crippen LogP contribution in [-0.4, -0.2) is 48.6 Å². The fourth-order valence-corrected chi connectivity index (χ4v) is 23.0. The number of methoxy groups -OCH3 is 6. The van der Waals surface area contributed by atoms with E-state index in [4.69, 9.17) is 28.4 Å². The molecule has 0 amide bonds. The van der Waals surface area contributed by atoms with Crippen molar-refractivity contribution in [2.24, 2.45) is 5.92 Å². The van der Waals surface area contributed by atoms with E-state index in [2.05, 4.69) is 66.7 Å². The van der Waals surface area contributed by atoms with Crippen molar-refractivity contribution in [3.8, 4) is 34.5 Å². The van der Waals surface area contributed by atoms with E-state index in [1.54, 1.807) is 42.7 Å². The molecular weight excluding hydrogens is 711 g/mol. The molecule has 6 nitrogen and oxygen atoms in total. The quantitative estimate of drug-likeness (QED) is 0.154. The van der Waals surface area contributed by atoms with Crippen molar-refractivity contribution in [2.45, 2.75) is 48.5 Å². The molecule has 0 N–H and O–H groups in total. The van der Waals surface area contributed by atoms with Crippen LogP contribution in [0.4, 0.5) is 0 Å². The van der Waals surface area contributed by atoms with Crippen LogP contribution in [0.5, 0.6) is 34.5 Å². The zero-order valence-electron chi connectivity index (χ0n) is 29.6. The molecule has 1 unspecified atom stereocenters. The zero-order chi connectivity index (χ0) is 32.5. The van der Waals surface area contributed by atoms with Crippen molar-refractivity contribution in [1.82, 2.24) is 0 Å². The normalized spacial score (nSPS) is 13.9. The Bertz CT molecular complexity index is 1510. The Kier molecular flexibility index (Phi) is 15.8. The second-order valence-corrected chi connectivity index (χ2v) is 20.2. The Morgan fingerprint density at radius 1 is 0.489 bits per heavy atom. The SMILES string of the molecule is COc1ccc(C)c([Si]([Ti+3][C]2=C(C)C(C)=C(C)C2C)(c2c(C)ccc(OC)c2OC)c2c(C)ccc(OC)c2OC)c1OC.[Cl-].[Cl-].[Cl-]. The maximum Gasteiger partial charge on any atom is -1.00 e. The Morgan fingerprint density at radius 3 is 1.04 bits per heavy atom. The third-order valence-electron chi connectivity index (χ3n) is 9.35. The van der Waals surface area contributed by atoms with E-state index >= 15 is 0 Å². The van der Waals surface area contributed by atoms with Crippen LogP contribution in [0.1, 0.15) is 44.4 Å². The molecule has 3 aromatic carbocycles. The number of rotatable bonds is 11. The Morgan fingerprint density at radius 2 is 0.809 bits per heavy atom. The van der Waals surface area contributed by atoms with Gasteiger partial charge in [0.2, 0.25) is 0 Å². The van der Waals surface area contributed by atoms with Gasteiger partial charge in [0, 0.05) is 0 Å². The zero-order valence-corrected chi connectivity index (χ0v) is 34.5. The van der Waals surface area contributed by atoms with Gasteiger partial charge < -0.3 is 37.2 Å². The molecule has 0 fully saturated rings. The second-order valence-electron chi connectivity index (χ2n) is 11.4. The molecule has 1 aliphatic carbocycles. The maximum absolute atomic E-state index is 6.36.